The lowest BCUT2D eigenvalue weighted by molar-refractivity contribution is 0.0256. The van der Waals surface area contributed by atoms with E-state index >= 15 is 0 Å². The first-order valence-electron chi connectivity index (χ1n) is 8.28. The molecule has 1 aliphatic rings. The van der Waals surface area contributed by atoms with Crippen LogP contribution in [0.25, 0.3) is 0 Å². The lowest BCUT2D eigenvalue weighted by atomic mass is 10.1. The summed E-state index contributed by atoms with van der Waals surface area (Å²) in [6, 6.07) is 0.182. The van der Waals surface area contributed by atoms with Crippen LogP contribution in [0.3, 0.4) is 0 Å². The highest BCUT2D eigenvalue weighted by Crippen LogP contribution is 2.19. The minimum absolute atomic E-state index is 0.182. The van der Waals surface area contributed by atoms with Gasteiger partial charge < -0.3 is 15.0 Å². The molecule has 1 N–H and O–H groups in total. The lowest BCUT2D eigenvalue weighted by Crippen LogP contribution is -2.37. The summed E-state index contributed by atoms with van der Waals surface area (Å²) in [6.45, 7) is 6.42. The molecule has 8 heteroatoms. The van der Waals surface area contributed by atoms with Crippen LogP contribution in [-0.2, 0) is 11.3 Å². The molecule has 1 amide bonds. The van der Waals surface area contributed by atoms with E-state index in [1.54, 1.807) is 17.3 Å². The van der Waals surface area contributed by atoms with Gasteiger partial charge in [0.05, 0.1) is 11.9 Å². The van der Waals surface area contributed by atoms with Crippen LogP contribution in [0.4, 0.5) is 19.3 Å². The van der Waals surface area contributed by atoms with Gasteiger partial charge in [0, 0.05) is 25.3 Å². The van der Waals surface area contributed by atoms with E-state index in [1.807, 2.05) is 20.8 Å². The Bertz CT molecular complexity index is 542. The van der Waals surface area contributed by atoms with E-state index in [-0.39, 0.29) is 12.1 Å². The van der Waals surface area contributed by atoms with Gasteiger partial charge in [-0.25, -0.2) is 13.6 Å². The maximum Gasteiger partial charge on any atom is 0.410 e. The number of carbonyl (C=O) groups excluding carboxylic acids is 1. The third-order valence-corrected chi connectivity index (χ3v) is 3.71. The summed E-state index contributed by atoms with van der Waals surface area (Å²) in [5.74, 6) is 0. The van der Waals surface area contributed by atoms with Gasteiger partial charge >= 0.3 is 6.09 Å². The standard InChI is InChI=1S/C16H26F2N4O2/c1-16(2,3)24-15(23)21-7-4-5-12(6-8-21)20-13-9-19-22(10-13)11-14(17)18/h9-10,12,14,20H,4-8,11H2,1-3H3. The van der Waals surface area contributed by atoms with Crippen molar-refractivity contribution in [3.8, 4) is 0 Å². The van der Waals surface area contributed by atoms with Crippen LogP contribution < -0.4 is 5.32 Å². The number of likely N-dealkylation sites (tertiary alicyclic amines) is 1. The number of carbonyl (C=O) groups is 1. The number of rotatable bonds is 4. The number of nitrogens with zero attached hydrogens (tertiary/aromatic N) is 3. The molecule has 1 fully saturated rings. The quantitative estimate of drug-likeness (QED) is 0.910. The van der Waals surface area contributed by atoms with Gasteiger partial charge in [0.15, 0.2) is 0 Å². The molecule has 1 unspecified atom stereocenters. The second kappa shape index (κ2) is 7.81. The molecule has 0 saturated carbocycles. The van der Waals surface area contributed by atoms with Crippen LogP contribution in [-0.4, -0.2) is 51.9 Å². The normalized spacial score (nSPS) is 19.2. The summed E-state index contributed by atoms with van der Waals surface area (Å²) < 4.78 is 31.3. The molecule has 1 aliphatic heterocycles. The molecule has 2 heterocycles. The Hall–Kier alpha value is -1.86. The Morgan fingerprint density at radius 1 is 1.42 bits per heavy atom. The van der Waals surface area contributed by atoms with Crippen LogP contribution in [0.5, 0.6) is 0 Å². The molecule has 0 bridgehead atoms. The van der Waals surface area contributed by atoms with E-state index < -0.39 is 18.6 Å². The number of nitrogens with one attached hydrogen (secondary N) is 1. The van der Waals surface area contributed by atoms with Gasteiger partial charge in [0.1, 0.15) is 12.1 Å². The van der Waals surface area contributed by atoms with Crippen LogP contribution in [0.15, 0.2) is 12.4 Å². The summed E-state index contributed by atoms with van der Waals surface area (Å²) in [4.78, 5) is 13.9. The number of amides is 1. The average molecular weight is 344 g/mol. The number of ether oxygens (including phenoxy) is 1. The molecule has 0 radical (unpaired) electrons. The zero-order valence-electron chi connectivity index (χ0n) is 14.5. The largest absolute Gasteiger partial charge is 0.444 e. The Morgan fingerprint density at radius 2 is 2.17 bits per heavy atom. The van der Waals surface area contributed by atoms with E-state index in [2.05, 4.69) is 10.4 Å². The third-order valence-electron chi connectivity index (χ3n) is 3.71. The van der Waals surface area contributed by atoms with Crippen molar-refractivity contribution in [2.75, 3.05) is 18.4 Å². The molecule has 0 aliphatic carbocycles. The molecule has 0 spiro atoms. The number of anilines is 1. The Labute approximate surface area is 141 Å². The van der Waals surface area contributed by atoms with Crippen molar-refractivity contribution in [1.82, 2.24) is 14.7 Å². The van der Waals surface area contributed by atoms with Crippen molar-refractivity contribution in [2.24, 2.45) is 0 Å². The Kier molecular flexibility index (Phi) is 6.01. The van der Waals surface area contributed by atoms with Gasteiger partial charge in [-0.05, 0) is 40.0 Å². The van der Waals surface area contributed by atoms with Crippen molar-refractivity contribution in [3.63, 3.8) is 0 Å². The first kappa shape index (κ1) is 18.5. The second-order valence-corrected chi connectivity index (χ2v) is 7.08. The van der Waals surface area contributed by atoms with Crippen molar-refractivity contribution in [1.29, 1.82) is 0 Å². The van der Waals surface area contributed by atoms with Gasteiger partial charge in [0.25, 0.3) is 6.43 Å². The molecular formula is C16H26F2N4O2. The molecule has 1 aromatic rings. The number of hydrogen-bond acceptors (Lipinski definition) is 4. The van der Waals surface area contributed by atoms with E-state index in [9.17, 15) is 13.6 Å². The second-order valence-electron chi connectivity index (χ2n) is 7.08. The van der Waals surface area contributed by atoms with Gasteiger partial charge in [-0.3, -0.25) is 4.68 Å². The summed E-state index contributed by atoms with van der Waals surface area (Å²) in [5, 5.41) is 7.23. The summed E-state index contributed by atoms with van der Waals surface area (Å²) in [6.07, 6.45) is 2.98. The van der Waals surface area contributed by atoms with Gasteiger partial charge in [0.2, 0.25) is 0 Å². The molecular weight excluding hydrogens is 318 g/mol. The van der Waals surface area contributed by atoms with Crippen LogP contribution in [0.1, 0.15) is 40.0 Å². The summed E-state index contributed by atoms with van der Waals surface area (Å²) in [5.41, 5.74) is 0.228. The predicted molar refractivity (Wildman–Crippen MR) is 87.3 cm³/mol. The van der Waals surface area contributed by atoms with Crippen molar-refractivity contribution >= 4 is 11.8 Å². The maximum absolute atomic E-state index is 12.3. The fourth-order valence-electron chi connectivity index (χ4n) is 2.66. The average Bonchev–Trinajstić information content (AvgIpc) is 2.72. The minimum atomic E-state index is -2.42. The molecule has 1 saturated heterocycles. The number of hydrogen-bond donors (Lipinski definition) is 1. The van der Waals surface area contributed by atoms with E-state index in [0.29, 0.717) is 13.1 Å². The molecule has 6 nitrogen and oxygen atoms in total. The smallest absolute Gasteiger partial charge is 0.410 e. The molecule has 1 aromatic heterocycles. The Morgan fingerprint density at radius 3 is 2.83 bits per heavy atom. The fourth-order valence-corrected chi connectivity index (χ4v) is 2.66. The predicted octanol–water partition coefficient (Wildman–Crippen LogP) is 3.35. The van der Waals surface area contributed by atoms with Crippen molar-refractivity contribution in [3.05, 3.63) is 12.4 Å². The van der Waals surface area contributed by atoms with E-state index in [4.69, 9.17) is 4.74 Å². The Balaban J connectivity index is 1.84. The van der Waals surface area contributed by atoms with E-state index in [0.717, 1.165) is 24.9 Å². The molecule has 24 heavy (non-hydrogen) atoms. The number of aromatic nitrogens is 2. The zero-order valence-corrected chi connectivity index (χ0v) is 14.5. The SMILES string of the molecule is CC(C)(C)OC(=O)N1CCCC(Nc2cnn(CC(F)F)c2)CC1. The summed E-state index contributed by atoms with van der Waals surface area (Å²) >= 11 is 0. The monoisotopic (exact) mass is 344 g/mol. The lowest BCUT2D eigenvalue weighted by Gasteiger charge is -2.26. The fraction of sp³-hybridized carbons (Fsp3) is 0.750. The number of halogens is 2. The first-order valence-corrected chi connectivity index (χ1v) is 8.28. The topological polar surface area (TPSA) is 59.4 Å². The van der Waals surface area contributed by atoms with Crippen molar-refractivity contribution < 1.29 is 18.3 Å². The number of alkyl halides is 2. The molecule has 1 atom stereocenters. The van der Waals surface area contributed by atoms with Gasteiger partial charge in [-0.15, -0.1) is 0 Å². The van der Waals surface area contributed by atoms with E-state index in [1.165, 1.54) is 4.68 Å². The van der Waals surface area contributed by atoms with Gasteiger partial charge in [-0.1, -0.05) is 0 Å². The molecule has 2 rings (SSSR count). The highest BCUT2D eigenvalue weighted by atomic mass is 19.3. The zero-order chi connectivity index (χ0) is 17.7. The van der Waals surface area contributed by atoms with Crippen LogP contribution in [0, 0.1) is 0 Å². The third kappa shape index (κ3) is 5.98. The van der Waals surface area contributed by atoms with Gasteiger partial charge in [-0.2, -0.15) is 5.10 Å². The highest BCUT2D eigenvalue weighted by Gasteiger charge is 2.25. The summed E-state index contributed by atoms with van der Waals surface area (Å²) in [7, 11) is 0. The van der Waals surface area contributed by atoms with Crippen LogP contribution >= 0.6 is 0 Å². The molecule has 0 aromatic carbocycles. The van der Waals surface area contributed by atoms with Crippen LogP contribution in [0.2, 0.25) is 0 Å². The highest BCUT2D eigenvalue weighted by molar-refractivity contribution is 5.68. The molecule has 136 valence electrons. The minimum Gasteiger partial charge on any atom is -0.444 e. The maximum atomic E-state index is 12.3. The van der Waals surface area contributed by atoms with Crippen molar-refractivity contribution in [2.45, 2.75) is 64.6 Å². The first-order chi connectivity index (χ1) is 11.2.